The lowest BCUT2D eigenvalue weighted by Gasteiger charge is -2.14. The van der Waals surface area contributed by atoms with Gasteiger partial charge in [-0.1, -0.05) is 51.5 Å². The summed E-state index contributed by atoms with van der Waals surface area (Å²) in [6, 6.07) is 9.31. The van der Waals surface area contributed by atoms with Crippen LogP contribution in [0.15, 0.2) is 24.3 Å². The molecule has 19 heavy (non-hydrogen) atoms. The summed E-state index contributed by atoms with van der Waals surface area (Å²) in [6.45, 7) is 6.76. The van der Waals surface area contributed by atoms with Gasteiger partial charge in [-0.25, -0.2) is 0 Å². The Hall–Kier alpha value is -0.820. The zero-order chi connectivity index (χ0) is 13.7. The van der Waals surface area contributed by atoms with Crippen molar-refractivity contribution in [1.29, 1.82) is 0 Å². The third-order valence-corrected chi connectivity index (χ3v) is 4.37. The topological polar surface area (TPSA) is 12.5 Å². The van der Waals surface area contributed by atoms with E-state index in [9.17, 15) is 0 Å². The molecule has 0 N–H and O–H groups in total. The van der Waals surface area contributed by atoms with Crippen molar-refractivity contribution in [2.24, 2.45) is 0 Å². The standard InChI is InChI=1S/C18H28O/c1-4-7-8-14-9-11-16(12-10-14)15(5-2)13-18-17(6-3)19-18/h9-12,15,17-18H,4-8,13H2,1-3H3. The van der Waals surface area contributed by atoms with Crippen molar-refractivity contribution in [2.45, 2.75) is 77.4 Å². The number of ether oxygens (including phenoxy) is 1. The fourth-order valence-corrected chi connectivity index (χ4v) is 2.90. The van der Waals surface area contributed by atoms with Crippen molar-refractivity contribution in [3.05, 3.63) is 35.4 Å². The van der Waals surface area contributed by atoms with E-state index in [1.54, 1.807) is 0 Å². The first-order valence-electron chi connectivity index (χ1n) is 8.02. The minimum atomic E-state index is 0.523. The van der Waals surface area contributed by atoms with Crippen LogP contribution in [0.3, 0.4) is 0 Å². The second-order valence-electron chi connectivity index (χ2n) is 5.81. The molecule has 0 aromatic heterocycles. The van der Waals surface area contributed by atoms with E-state index < -0.39 is 0 Å². The Bertz CT molecular complexity index is 368. The quantitative estimate of drug-likeness (QED) is 0.593. The maximum atomic E-state index is 5.70. The number of rotatable bonds is 8. The predicted octanol–water partition coefficient (Wildman–Crippen LogP) is 5.09. The van der Waals surface area contributed by atoms with Crippen LogP contribution in [0.4, 0.5) is 0 Å². The number of unbranched alkanes of at least 4 members (excludes halogenated alkanes) is 1. The molecule has 3 unspecified atom stereocenters. The third-order valence-electron chi connectivity index (χ3n) is 4.37. The fourth-order valence-electron chi connectivity index (χ4n) is 2.90. The molecule has 1 saturated heterocycles. The minimum absolute atomic E-state index is 0.523. The van der Waals surface area contributed by atoms with E-state index in [2.05, 4.69) is 45.0 Å². The number of epoxide rings is 1. The SMILES string of the molecule is CCCCc1ccc(C(CC)CC2OC2CC)cc1. The van der Waals surface area contributed by atoms with E-state index in [-0.39, 0.29) is 0 Å². The van der Waals surface area contributed by atoms with Gasteiger partial charge in [-0.05, 0) is 49.1 Å². The van der Waals surface area contributed by atoms with Crippen LogP contribution in [-0.2, 0) is 11.2 Å². The molecule has 106 valence electrons. The zero-order valence-corrected chi connectivity index (χ0v) is 12.7. The number of hydrogen-bond acceptors (Lipinski definition) is 1. The Labute approximate surface area is 118 Å². The molecule has 1 aromatic rings. The lowest BCUT2D eigenvalue weighted by atomic mass is 9.90. The summed E-state index contributed by atoms with van der Waals surface area (Å²) in [4.78, 5) is 0. The van der Waals surface area contributed by atoms with E-state index in [1.807, 2.05) is 0 Å². The number of aryl methyl sites for hydroxylation is 1. The van der Waals surface area contributed by atoms with Crippen LogP contribution in [0.25, 0.3) is 0 Å². The second kappa shape index (κ2) is 7.09. The van der Waals surface area contributed by atoms with Crippen molar-refractivity contribution in [3.63, 3.8) is 0 Å². The van der Waals surface area contributed by atoms with Crippen molar-refractivity contribution in [3.8, 4) is 0 Å². The summed E-state index contributed by atoms with van der Waals surface area (Å²) in [5, 5.41) is 0. The smallest absolute Gasteiger partial charge is 0.0847 e. The monoisotopic (exact) mass is 260 g/mol. The highest BCUT2D eigenvalue weighted by Crippen LogP contribution is 2.36. The molecule has 1 aliphatic rings. The molecule has 1 heterocycles. The molecule has 1 aliphatic heterocycles. The Balaban J connectivity index is 1.91. The van der Waals surface area contributed by atoms with Gasteiger partial charge in [0.25, 0.3) is 0 Å². The van der Waals surface area contributed by atoms with Crippen LogP contribution in [0.5, 0.6) is 0 Å². The van der Waals surface area contributed by atoms with E-state index in [0.29, 0.717) is 18.1 Å². The van der Waals surface area contributed by atoms with E-state index in [0.717, 1.165) is 6.42 Å². The van der Waals surface area contributed by atoms with Gasteiger partial charge in [0.2, 0.25) is 0 Å². The Morgan fingerprint density at radius 3 is 2.32 bits per heavy atom. The molecular formula is C18H28O. The summed E-state index contributed by atoms with van der Waals surface area (Å²) in [6.07, 6.45) is 8.43. The van der Waals surface area contributed by atoms with Crippen molar-refractivity contribution < 1.29 is 4.74 Å². The molecule has 0 saturated carbocycles. The van der Waals surface area contributed by atoms with Gasteiger partial charge in [0, 0.05) is 0 Å². The molecule has 0 radical (unpaired) electrons. The first kappa shape index (κ1) is 14.6. The number of benzene rings is 1. The summed E-state index contributed by atoms with van der Waals surface area (Å²) in [5.41, 5.74) is 2.97. The largest absolute Gasteiger partial charge is 0.370 e. The van der Waals surface area contributed by atoms with Crippen LogP contribution in [-0.4, -0.2) is 12.2 Å². The van der Waals surface area contributed by atoms with Gasteiger partial charge in [0.05, 0.1) is 12.2 Å². The fraction of sp³-hybridized carbons (Fsp3) is 0.667. The van der Waals surface area contributed by atoms with Gasteiger partial charge in [0.15, 0.2) is 0 Å². The van der Waals surface area contributed by atoms with Crippen molar-refractivity contribution in [1.82, 2.24) is 0 Å². The highest BCUT2D eigenvalue weighted by molar-refractivity contribution is 5.26. The Morgan fingerprint density at radius 1 is 1.05 bits per heavy atom. The Morgan fingerprint density at radius 2 is 1.79 bits per heavy atom. The minimum Gasteiger partial charge on any atom is -0.370 e. The van der Waals surface area contributed by atoms with Gasteiger partial charge < -0.3 is 4.74 Å². The van der Waals surface area contributed by atoms with Gasteiger partial charge in [-0.3, -0.25) is 0 Å². The molecule has 3 atom stereocenters. The molecule has 0 aliphatic carbocycles. The second-order valence-corrected chi connectivity index (χ2v) is 5.81. The van der Waals surface area contributed by atoms with Gasteiger partial charge in [0.1, 0.15) is 0 Å². The molecule has 1 fully saturated rings. The average Bonchev–Trinajstić information content (AvgIpc) is 3.21. The van der Waals surface area contributed by atoms with E-state index in [4.69, 9.17) is 4.74 Å². The van der Waals surface area contributed by atoms with E-state index in [1.165, 1.54) is 43.2 Å². The van der Waals surface area contributed by atoms with Gasteiger partial charge in [-0.2, -0.15) is 0 Å². The predicted molar refractivity (Wildman–Crippen MR) is 81.7 cm³/mol. The lowest BCUT2D eigenvalue weighted by Crippen LogP contribution is -2.04. The molecule has 1 aromatic carbocycles. The van der Waals surface area contributed by atoms with Gasteiger partial charge in [-0.15, -0.1) is 0 Å². The Kier molecular flexibility index (Phi) is 5.45. The molecule has 0 bridgehead atoms. The molecule has 1 nitrogen and oxygen atoms in total. The summed E-state index contributed by atoms with van der Waals surface area (Å²) >= 11 is 0. The molecule has 0 amide bonds. The summed E-state index contributed by atoms with van der Waals surface area (Å²) < 4.78 is 5.70. The van der Waals surface area contributed by atoms with Crippen molar-refractivity contribution in [2.75, 3.05) is 0 Å². The van der Waals surface area contributed by atoms with Crippen LogP contribution < -0.4 is 0 Å². The normalized spacial score (nSPS) is 23.3. The molecule has 1 heteroatoms. The third kappa shape index (κ3) is 4.07. The van der Waals surface area contributed by atoms with E-state index >= 15 is 0 Å². The lowest BCUT2D eigenvalue weighted by molar-refractivity contribution is 0.349. The molecule has 2 rings (SSSR count). The van der Waals surface area contributed by atoms with Crippen LogP contribution in [0.1, 0.15) is 69.9 Å². The first-order valence-corrected chi connectivity index (χ1v) is 8.02. The van der Waals surface area contributed by atoms with Crippen LogP contribution >= 0.6 is 0 Å². The van der Waals surface area contributed by atoms with Gasteiger partial charge >= 0.3 is 0 Å². The van der Waals surface area contributed by atoms with Crippen LogP contribution in [0.2, 0.25) is 0 Å². The van der Waals surface area contributed by atoms with Crippen LogP contribution in [0, 0.1) is 0 Å². The highest BCUT2D eigenvalue weighted by atomic mass is 16.6. The molecular weight excluding hydrogens is 232 g/mol. The summed E-state index contributed by atoms with van der Waals surface area (Å²) in [7, 11) is 0. The maximum Gasteiger partial charge on any atom is 0.0847 e. The summed E-state index contributed by atoms with van der Waals surface area (Å²) in [5.74, 6) is 0.668. The van der Waals surface area contributed by atoms with Crippen molar-refractivity contribution >= 4 is 0 Å². The first-order chi connectivity index (χ1) is 9.28. The highest BCUT2D eigenvalue weighted by Gasteiger charge is 2.38. The zero-order valence-electron chi connectivity index (χ0n) is 12.7. The maximum absolute atomic E-state index is 5.70. The average molecular weight is 260 g/mol. The number of hydrogen-bond donors (Lipinski definition) is 0. The molecule has 0 spiro atoms.